The summed E-state index contributed by atoms with van der Waals surface area (Å²) in [6.45, 7) is 10.7. The fraction of sp³-hybridized carbons (Fsp3) is 0.793. The van der Waals surface area contributed by atoms with Crippen molar-refractivity contribution in [3.8, 4) is 11.5 Å². The van der Waals surface area contributed by atoms with Crippen molar-refractivity contribution in [2.75, 3.05) is 19.7 Å². The summed E-state index contributed by atoms with van der Waals surface area (Å²) in [6, 6.07) is 4.39. The van der Waals surface area contributed by atoms with Gasteiger partial charge in [-0.3, -0.25) is 4.90 Å². The number of ether oxygens (including phenoxy) is 1. The molecule has 5 fully saturated rings. The Morgan fingerprint density at radius 1 is 1.12 bits per heavy atom. The summed E-state index contributed by atoms with van der Waals surface area (Å²) in [5.74, 6) is 1.70. The number of aromatic hydroxyl groups is 1. The summed E-state index contributed by atoms with van der Waals surface area (Å²) < 4.78 is 6.86. The molecular formula is C29H41NO4. The van der Waals surface area contributed by atoms with Crippen LogP contribution < -0.4 is 4.74 Å². The van der Waals surface area contributed by atoms with Crippen molar-refractivity contribution in [1.29, 1.82) is 0 Å². The van der Waals surface area contributed by atoms with Crippen molar-refractivity contribution in [1.82, 2.24) is 4.90 Å². The van der Waals surface area contributed by atoms with Crippen molar-refractivity contribution < 1.29 is 20.1 Å². The van der Waals surface area contributed by atoms with Crippen LogP contribution in [0.4, 0.5) is 0 Å². The van der Waals surface area contributed by atoms with Gasteiger partial charge < -0.3 is 20.1 Å². The Morgan fingerprint density at radius 3 is 2.56 bits per heavy atom. The van der Waals surface area contributed by atoms with E-state index in [4.69, 9.17) is 4.74 Å². The highest BCUT2D eigenvalue weighted by atomic mass is 16.5. The minimum absolute atomic E-state index is 0.00762. The Morgan fingerprint density at radius 2 is 1.88 bits per heavy atom. The summed E-state index contributed by atoms with van der Waals surface area (Å²) in [7, 11) is 0. The summed E-state index contributed by atoms with van der Waals surface area (Å²) in [6.07, 6.45) is 7.43. The topological polar surface area (TPSA) is 73.2 Å². The maximum Gasteiger partial charge on any atom is 0.165 e. The third kappa shape index (κ3) is 2.25. The molecule has 0 radical (unpaired) electrons. The molecule has 2 aliphatic heterocycles. The molecule has 1 aromatic rings. The van der Waals surface area contributed by atoms with E-state index in [1.165, 1.54) is 30.5 Å². The highest BCUT2D eigenvalue weighted by Gasteiger charge is 2.81. The predicted octanol–water partition coefficient (Wildman–Crippen LogP) is 4.01. The van der Waals surface area contributed by atoms with Gasteiger partial charge in [0.1, 0.15) is 6.10 Å². The molecule has 4 bridgehead atoms. The van der Waals surface area contributed by atoms with Crippen molar-refractivity contribution >= 4 is 0 Å². The highest BCUT2D eigenvalue weighted by molar-refractivity contribution is 5.63. The van der Waals surface area contributed by atoms with Gasteiger partial charge in [-0.25, -0.2) is 0 Å². The van der Waals surface area contributed by atoms with E-state index in [0.717, 1.165) is 44.6 Å². The molecule has 4 unspecified atom stereocenters. The standard InChI is InChI=1S/C29H41NO4/c1-25(2,3)26(4,33)20-14-28-10-9-27(20,16-31)24-29(28)11-12-30(15-17-5-6-17)21(28)13-18-7-8-19(32)23(34-24)22(18)29/h7-8,17,20-21,24,31-33H,5-6,9-16H2,1-4H3/t20?,21-,24?,26+,27?,28?,29+/m1/s1. The van der Waals surface area contributed by atoms with Crippen LogP contribution in [0.2, 0.25) is 0 Å². The maximum atomic E-state index is 12.2. The minimum Gasteiger partial charge on any atom is -0.504 e. The molecule has 0 aromatic heterocycles. The highest BCUT2D eigenvalue weighted by Crippen LogP contribution is 2.79. The number of phenols is 1. The second-order valence-corrected chi connectivity index (χ2v) is 14.0. The first-order chi connectivity index (χ1) is 16.0. The number of piperidine rings is 1. The van der Waals surface area contributed by atoms with E-state index in [-0.39, 0.29) is 40.6 Å². The lowest BCUT2D eigenvalue weighted by molar-refractivity contribution is -0.289. The molecule has 2 spiro atoms. The van der Waals surface area contributed by atoms with Gasteiger partial charge in [-0.1, -0.05) is 26.8 Å². The normalized spacial score (nSPS) is 43.9. The Balaban J connectivity index is 1.47. The number of hydrogen-bond donors (Lipinski definition) is 3. The van der Waals surface area contributed by atoms with Crippen LogP contribution in [0.15, 0.2) is 12.1 Å². The molecule has 4 saturated carbocycles. The zero-order valence-corrected chi connectivity index (χ0v) is 21.2. The Bertz CT molecular complexity index is 1060. The molecule has 0 amide bonds. The second kappa shape index (κ2) is 6.33. The van der Waals surface area contributed by atoms with Gasteiger partial charge >= 0.3 is 0 Å². The van der Waals surface area contributed by atoms with Gasteiger partial charge in [-0.05, 0) is 87.3 Å². The van der Waals surface area contributed by atoms with Crippen LogP contribution in [0.1, 0.15) is 77.3 Å². The van der Waals surface area contributed by atoms with Gasteiger partial charge in [0.15, 0.2) is 11.5 Å². The molecule has 2 heterocycles. The third-order valence-electron chi connectivity index (χ3n) is 12.0. The van der Waals surface area contributed by atoms with Gasteiger partial charge in [-0.2, -0.15) is 0 Å². The van der Waals surface area contributed by atoms with Crippen molar-refractivity contribution in [3.63, 3.8) is 0 Å². The smallest absolute Gasteiger partial charge is 0.165 e. The van der Waals surface area contributed by atoms with Crippen molar-refractivity contribution in [3.05, 3.63) is 23.3 Å². The number of aliphatic hydroxyl groups is 2. The molecule has 1 aromatic carbocycles. The van der Waals surface area contributed by atoms with Crippen LogP contribution in [-0.2, 0) is 11.8 Å². The number of likely N-dealkylation sites (tertiary alicyclic amines) is 1. The summed E-state index contributed by atoms with van der Waals surface area (Å²) in [5, 5.41) is 34.2. The SMILES string of the molecule is CC(C)(C)[C@@](C)(O)C1CC23CCC1(CO)C1Oc4c(O)ccc5c4[C@@]12CCN(CC1CC1)[C@@H]3C5. The van der Waals surface area contributed by atoms with E-state index in [1.54, 1.807) is 0 Å². The second-order valence-electron chi connectivity index (χ2n) is 14.0. The number of benzene rings is 1. The molecule has 186 valence electrons. The van der Waals surface area contributed by atoms with E-state index < -0.39 is 11.0 Å². The number of phenolic OH excluding ortho intramolecular Hbond substituents is 1. The fourth-order valence-electron chi connectivity index (χ4n) is 9.74. The number of aliphatic hydroxyl groups excluding tert-OH is 1. The maximum absolute atomic E-state index is 12.2. The summed E-state index contributed by atoms with van der Waals surface area (Å²) >= 11 is 0. The number of fused-ring (bicyclic) bond motifs is 2. The van der Waals surface area contributed by atoms with Gasteiger partial charge in [0.05, 0.1) is 12.2 Å². The first-order valence-electron chi connectivity index (χ1n) is 13.6. The number of rotatable bonds is 4. The number of nitrogens with zero attached hydrogens (tertiary/aromatic N) is 1. The summed E-state index contributed by atoms with van der Waals surface area (Å²) in [5.41, 5.74) is 0.649. The lowest BCUT2D eigenvalue weighted by atomic mass is 9.31. The van der Waals surface area contributed by atoms with Crippen LogP contribution in [-0.4, -0.2) is 57.7 Å². The molecule has 8 rings (SSSR count). The molecular weight excluding hydrogens is 426 g/mol. The van der Waals surface area contributed by atoms with E-state index >= 15 is 0 Å². The first-order valence-corrected chi connectivity index (χ1v) is 13.6. The zero-order valence-electron chi connectivity index (χ0n) is 21.2. The van der Waals surface area contributed by atoms with E-state index in [1.807, 2.05) is 13.0 Å². The van der Waals surface area contributed by atoms with Gasteiger partial charge in [0, 0.05) is 34.4 Å². The van der Waals surface area contributed by atoms with Crippen molar-refractivity contribution in [2.45, 2.75) is 95.8 Å². The average Bonchev–Trinajstić information content (AvgIpc) is 3.53. The Hall–Kier alpha value is -1.30. The lowest BCUT2D eigenvalue weighted by Gasteiger charge is -2.76. The quantitative estimate of drug-likeness (QED) is 0.624. The third-order valence-corrected chi connectivity index (χ3v) is 12.0. The molecule has 1 saturated heterocycles. The molecule has 5 nitrogen and oxygen atoms in total. The van der Waals surface area contributed by atoms with E-state index in [0.29, 0.717) is 11.8 Å². The first kappa shape index (κ1) is 21.9. The lowest BCUT2D eigenvalue weighted by Crippen LogP contribution is -2.81. The van der Waals surface area contributed by atoms with Gasteiger partial charge in [0.2, 0.25) is 0 Å². The molecule has 5 heteroatoms. The van der Waals surface area contributed by atoms with Crippen LogP contribution in [0.25, 0.3) is 0 Å². The van der Waals surface area contributed by atoms with Gasteiger partial charge in [0.25, 0.3) is 0 Å². The minimum atomic E-state index is -0.944. The monoisotopic (exact) mass is 467 g/mol. The Kier molecular flexibility index (Phi) is 4.08. The largest absolute Gasteiger partial charge is 0.504 e. The van der Waals surface area contributed by atoms with Crippen LogP contribution in [0.3, 0.4) is 0 Å². The molecule has 34 heavy (non-hydrogen) atoms. The van der Waals surface area contributed by atoms with E-state index in [2.05, 4.69) is 31.7 Å². The average molecular weight is 468 g/mol. The zero-order chi connectivity index (χ0) is 23.9. The van der Waals surface area contributed by atoms with Crippen LogP contribution in [0, 0.1) is 28.1 Å². The van der Waals surface area contributed by atoms with E-state index in [9.17, 15) is 15.3 Å². The van der Waals surface area contributed by atoms with Gasteiger partial charge in [-0.15, -0.1) is 0 Å². The molecule has 7 aliphatic rings. The molecule has 3 N–H and O–H groups in total. The van der Waals surface area contributed by atoms with Crippen LogP contribution in [0.5, 0.6) is 11.5 Å². The Labute approximate surface area is 203 Å². The molecule has 5 aliphatic carbocycles. The molecule has 7 atom stereocenters. The predicted molar refractivity (Wildman–Crippen MR) is 130 cm³/mol. The van der Waals surface area contributed by atoms with Crippen LogP contribution >= 0.6 is 0 Å². The summed E-state index contributed by atoms with van der Waals surface area (Å²) in [4.78, 5) is 2.80. The number of hydrogen-bond acceptors (Lipinski definition) is 5. The fourth-order valence-corrected chi connectivity index (χ4v) is 9.74. The van der Waals surface area contributed by atoms with Crippen molar-refractivity contribution in [2.24, 2.45) is 28.1 Å².